The number of carbonyl (C=O) groups is 2. The van der Waals surface area contributed by atoms with Gasteiger partial charge in [0, 0.05) is 23.8 Å². The van der Waals surface area contributed by atoms with Crippen molar-refractivity contribution in [3.8, 4) is 0 Å². The topological polar surface area (TPSA) is 102 Å². The molecule has 0 saturated heterocycles. The van der Waals surface area contributed by atoms with E-state index in [-0.39, 0.29) is 28.8 Å². The van der Waals surface area contributed by atoms with Crippen LogP contribution in [0.1, 0.15) is 51.8 Å². The van der Waals surface area contributed by atoms with Crippen molar-refractivity contribution >= 4 is 24.1 Å². The highest BCUT2D eigenvalue weighted by Gasteiger charge is 2.51. The molecule has 1 atom stereocenters. The van der Waals surface area contributed by atoms with E-state index >= 15 is 0 Å². The minimum atomic E-state index is -5.22. The normalized spacial score (nSPS) is 15.5. The van der Waals surface area contributed by atoms with Crippen LogP contribution in [0.15, 0.2) is 59.2 Å². The van der Waals surface area contributed by atoms with E-state index in [1.165, 1.54) is 18.2 Å². The van der Waals surface area contributed by atoms with Gasteiger partial charge >= 0.3 is 6.18 Å². The van der Waals surface area contributed by atoms with Gasteiger partial charge in [0.05, 0.1) is 22.9 Å². The monoisotopic (exact) mass is 639 g/mol. The molecule has 0 aliphatic heterocycles. The zero-order valence-electron chi connectivity index (χ0n) is 23.5. The molecule has 1 aliphatic rings. The number of nitrogens with zero attached hydrogens (tertiary/aromatic N) is 3. The quantitative estimate of drug-likeness (QED) is 0.165. The van der Waals surface area contributed by atoms with Crippen LogP contribution in [0, 0.1) is 17.5 Å². The average molecular weight is 640 g/mol. The zero-order chi connectivity index (χ0) is 33.3. The van der Waals surface area contributed by atoms with E-state index in [1.54, 1.807) is 6.92 Å². The number of hydrogen-bond acceptors (Lipinski definition) is 4. The number of alkyl halides is 5. The van der Waals surface area contributed by atoms with Crippen LogP contribution in [-0.4, -0.2) is 34.4 Å². The molecule has 7 nitrogen and oxygen atoms in total. The lowest BCUT2D eigenvalue weighted by molar-refractivity contribution is -0.145. The third-order valence-electron chi connectivity index (χ3n) is 7.01. The fraction of sp³-hybridized carbons (Fsp3) is 0.267. The number of amides is 2. The second-order valence-corrected chi connectivity index (χ2v) is 10.1. The van der Waals surface area contributed by atoms with Gasteiger partial charge in [-0.3, -0.25) is 19.3 Å². The highest BCUT2D eigenvalue weighted by atomic mass is 19.4. The van der Waals surface area contributed by atoms with E-state index in [0.29, 0.717) is 10.7 Å². The zero-order valence-corrected chi connectivity index (χ0v) is 23.5. The second-order valence-electron chi connectivity index (χ2n) is 10.1. The second kappa shape index (κ2) is 12.7. The summed E-state index contributed by atoms with van der Waals surface area (Å²) in [6.45, 7) is 4.19. The number of hydrogen-bond donors (Lipinski definition) is 2. The highest BCUT2D eigenvalue weighted by molar-refractivity contribution is 5.94. The van der Waals surface area contributed by atoms with Crippen molar-refractivity contribution in [2.24, 2.45) is 10.7 Å². The summed E-state index contributed by atoms with van der Waals surface area (Å²) in [4.78, 5) is 29.1. The molecule has 45 heavy (non-hydrogen) atoms. The first-order valence-corrected chi connectivity index (χ1v) is 13.3. The van der Waals surface area contributed by atoms with E-state index in [0.717, 1.165) is 24.3 Å². The summed E-state index contributed by atoms with van der Waals surface area (Å²) in [5.41, 5.74) is 1.56. The first-order chi connectivity index (χ1) is 21.0. The van der Waals surface area contributed by atoms with Crippen LogP contribution in [0.25, 0.3) is 5.57 Å². The van der Waals surface area contributed by atoms with Gasteiger partial charge in [-0.15, -0.1) is 0 Å². The number of aliphatic imine (C=N–C) groups is 1. The molecule has 238 valence electrons. The molecular weight excluding hydrogens is 614 g/mol. The molecule has 0 bridgehead atoms. The van der Waals surface area contributed by atoms with Crippen LogP contribution < -0.4 is 11.1 Å². The maximum Gasteiger partial charge on any atom is 0.435 e. The maximum absolute atomic E-state index is 14.4. The molecule has 4 rings (SSSR count). The third-order valence-corrected chi connectivity index (χ3v) is 7.01. The minimum absolute atomic E-state index is 0.0229. The fourth-order valence-electron chi connectivity index (χ4n) is 5.18. The molecule has 0 unspecified atom stereocenters. The van der Waals surface area contributed by atoms with Crippen LogP contribution >= 0.6 is 0 Å². The molecule has 1 aliphatic carbocycles. The summed E-state index contributed by atoms with van der Waals surface area (Å²) in [7, 11) is 0. The largest absolute Gasteiger partial charge is 0.435 e. The van der Waals surface area contributed by atoms with Gasteiger partial charge in [0.25, 0.3) is 11.8 Å². The highest BCUT2D eigenvalue weighted by Crippen LogP contribution is 2.47. The Bertz CT molecular complexity index is 1710. The molecule has 15 heteroatoms. The number of halogens is 8. The van der Waals surface area contributed by atoms with Crippen molar-refractivity contribution in [3.63, 3.8) is 0 Å². The molecule has 0 fully saturated rings. The van der Waals surface area contributed by atoms with Gasteiger partial charge in [-0.1, -0.05) is 18.2 Å². The molecule has 1 heterocycles. The van der Waals surface area contributed by atoms with E-state index in [4.69, 9.17) is 5.73 Å². The molecular formula is C30H25F8N5O2. The predicted molar refractivity (Wildman–Crippen MR) is 148 cm³/mol. The van der Waals surface area contributed by atoms with Crippen LogP contribution in [0.4, 0.5) is 35.1 Å². The molecule has 2 amide bonds. The maximum atomic E-state index is 14.4. The molecule has 0 radical (unpaired) electrons. The number of rotatable bonds is 10. The Balaban J connectivity index is 1.80. The molecule has 0 saturated carbocycles. The summed E-state index contributed by atoms with van der Waals surface area (Å²) in [6.07, 6.45) is -3.94. The summed E-state index contributed by atoms with van der Waals surface area (Å²) < 4.78 is 112. The van der Waals surface area contributed by atoms with Crippen molar-refractivity contribution in [1.29, 1.82) is 0 Å². The average Bonchev–Trinajstić information content (AvgIpc) is 3.45. The molecule has 3 N–H and O–H groups in total. The van der Waals surface area contributed by atoms with E-state index < -0.39 is 89.3 Å². The molecule has 2 aromatic carbocycles. The number of primary amides is 1. The first-order valence-electron chi connectivity index (χ1n) is 13.3. The van der Waals surface area contributed by atoms with Gasteiger partial charge in [0.15, 0.2) is 5.69 Å². The Hall–Kier alpha value is -4.82. The van der Waals surface area contributed by atoms with Gasteiger partial charge in [-0.2, -0.15) is 18.3 Å². The molecule has 1 aromatic heterocycles. The summed E-state index contributed by atoms with van der Waals surface area (Å²) in [5, 5.41) is 5.79. The number of carbonyl (C=O) groups excluding carboxylic acids is 2. The van der Waals surface area contributed by atoms with Gasteiger partial charge in [-0.05, 0) is 61.9 Å². The molecule has 0 spiro atoms. The van der Waals surface area contributed by atoms with E-state index in [9.17, 15) is 44.7 Å². The van der Waals surface area contributed by atoms with E-state index in [2.05, 4.69) is 22.1 Å². The lowest BCUT2D eigenvalue weighted by Crippen LogP contribution is -2.40. The van der Waals surface area contributed by atoms with Crippen molar-refractivity contribution < 1.29 is 44.7 Å². The van der Waals surface area contributed by atoms with E-state index in [1.807, 2.05) is 0 Å². The van der Waals surface area contributed by atoms with Crippen LogP contribution in [0.5, 0.6) is 0 Å². The summed E-state index contributed by atoms with van der Waals surface area (Å²) in [6, 6.07) is 4.61. The van der Waals surface area contributed by atoms with Crippen LogP contribution in [0.2, 0.25) is 0 Å². The number of allylic oxidation sites excluding steroid dienone is 3. The SMILES string of the molecule is C=N/C(=C(\C=C/C)c1ccc(F)c(C(N)=O)c1)[C@H](Cc1cc(F)cc(F)c1)NC(=O)Cn1nc(C(F)(F)F)c2c1CCC2(F)F. The lowest BCUT2D eigenvalue weighted by atomic mass is 9.94. The Labute approximate surface area is 251 Å². The summed E-state index contributed by atoms with van der Waals surface area (Å²) >= 11 is 0. The van der Waals surface area contributed by atoms with Gasteiger partial charge in [0.1, 0.15) is 24.0 Å². The number of benzene rings is 2. The van der Waals surface area contributed by atoms with Crippen molar-refractivity contribution in [3.05, 3.63) is 105 Å². The minimum Gasteiger partial charge on any atom is -0.366 e. The predicted octanol–water partition coefficient (Wildman–Crippen LogP) is 5.87. The number of aromatic nitrogens is 2. The Morgan fingerprint density at radius 1 is 1.16 bits per heavy atom. The fourth-order valence-corrected chi connectivity index (χ4v) is 5.18. The Morgan fingerprint density at radius 2 is 1.82 bits per heavy atom. The van der Waals surface area contributed by atoms with Crippen LogP contribution in [0.3, 0.4) is 0 Å². The Morgan fingerprint density at radius 3 is 2.40 bits per heavy atom. The molecule has 3 aromatic rings. The number of fused-ring (bicyclic) bond motifs is 1. The number of nitrogens with one attached hydrogen (secondary N) is 1. The smallest absolute Gasteiger partial charge is 0.366 e. The summed E-state index contributed by atoms with van der Waals surface area (Å²) in [5.74, 6) is -8.71. The van der Waals surface area contributed by atoms with Gasteiger partial charge in [-0.25, -0.2) is 22.0 Å². The number of nitrogens with two attached hydrogens (primary N) is 1. The van der Waals surface area contributed by atoms with Crippen LogP contribution in [-0.2, 0) is 36.3 Å². The van der Waals surface area contributed by atoms with Gasteiger partial charge in [0.2, 0.25) is 5.91 Å². The third kappa shape index (κ3) is 7.13. The van der Waals surface area contributed by atoms with Crippen molar-refractivity contribution in [1.82, 2.24) is 15.1 Å². The van der Waals surface area contributed by atoms with Crippen molar-refractivity contribution in [2.75, 3.05) is 0 Å². The van der Waals surface area contributed by atoms with Crippen molar-refractivity contribution in [2.45, 2.75) is 50.9 Å². The first kappa shape index (κ1) is 33.1. The van der Waals surface area contributed by atoms with Gasteiger partial charge < -0.3 is 11.1 Å². The Kier molecular flexibility index (Phi) is 9.30. The standard InChI is InChI=1S/C30H25F8N5O2/c1-3-4-19(16-5-6-21(33)20(12-16)28(39)45)26(40-2)22(11-15-9-17(31)13-18(32)10-15)41-24(44)14-43-23-7-8-29(34,35)25(23)27(42-43)30(36,37)38/h3-6,9-10,12-13,22H,2,7-8,11,14H2,1H3,(H2,39,45)(H,41,44)/b4-3-,26-19+/t22-/m0/s1. The lowest BCUT2D eigenvalue weighted by Gasteiger charge is -2.23.